The van der Waals surface area contributed by atoms with E-state index in [1.165, 1.54) is 10.8 Å². The van der Waals surface area contributed by atoms with Crippen LogP contribution in [0.2, 0.25) is 0 Å². The third-order valence-electron chi connectivity index (χ3n) is 3.75. The van der Waals surface area contributed by atoms with Gasteiger partial charge in [0.05, 0.1) is 10.5 Å². The van der Waals surface area contributed by atoms with Gasteiger partial charge in [-0.3, -0.25) is 0 Å². The van der Waals surface area contributed by atoms with Gasteiger partial charge in [-0.25, -0.2) is 18.5 Å². The van der Waals surface area contributed by atoms with E-state index < -0.39 is 26.7 Å². The molecule has 0 bridgehead atoms. The summed E-state index contributed by atoms with van der Waals surface area (Å²) in [7, 11) is -4.24. The van der Waals surface area contributed by atoms with Crippen molar-refractivity contribution < 1.29 is 21.6 Å². The number of benzene rings is 1. The van der Waals surface area contributed by atoms with Crippen molar-refractivity contribution in [3.8, 4) is 0 Å². The van der Waals surface area contributed by atoms with Crippen LogP contribution in [0.5, 0.6) is 0 Å². The van der Waals surface area contributed by atoms with E-state index in [9.17, 15) is 21.6 Å². The van der Waals surface area contributed by atoms with Crippen LogP contribution < -0.4 is 15.8 Å². The number of hydrogen-bond donors (Lipinski definition) is 3. The van der Waals surface area contributed by atoms with Gasteiger partial charge in [-0.2, -0.15) is 27.8 Å². The summed E-state index contributed by atoms with van der Waals surface area (Å²) in [6.45, 7) is 2.16. The van der Waals surface area contributed by atoms with Crippen LogP contribution in [0.3, 0.4) is 0 Å². The number of aromatic nitrogens is 4. The van der Waals surface area contributed by atoms with Gasteiger partial charge in [-0.05, 0) is 25.1 Å². The molecule has 0 saturated heterocycles. The van der Waals surface area contributed by atoms with E-state index in [-0.39, 0.29) is 18.8 Å². The zero-order chi connectivity index (χ0) is 20.5. The molecule has 0 unspecified atom stereocenters. The second kappa shape index (κ2) is 7.24. The number of primary sulfonamides is 1. The predicted molar refractivity (Wildman–Crippen MR) is 95.3 cm³/mol. The van der Waals surface area contributed by atoms with Gasteiger partial charge in [0.1, 0.15) is 12.1 Å². The summed E-state index contributed by atoms with van der Waals surface area (Å²) in [6, 6.07) is 4.29. The molecule has 2 aromatic heterocycles. The van der Waals surface area contributed by atoms with E-state index in [1.54, 1.807) is 13.0 Å². The Morgan fingerprint density at radius 2 is 1.89 bits per heavy atom. The number of aryl methyl sites for hydroxylation is 1. The number of hydrogen-bond acceptors (Lipinski definition) is 7. The van der Waals surface area contributed by atoms with E-state index in [0.29, 0.717) is 23.4 Å². The number of anilines is 2. The molecule has 0 aliphatic heterocycles. The third-order valence-corrected chi connectivity index (χ3v) is 4.66. The normalized spacial score (nSPS) is 12.3. The monoisotopic (exact) mass is 415 g/mol. The van der Waals surface area contributed by atoms with Crippen molar-refractivity contribution in [1.29, 1.82) is 0 Å². The van der Waals surface area contributed by atoms with Gasteiger partial charge in [-0.15, -0.1) is 0 Å². The van der Waals surface area contributed by atoms with Crippen LogP contribution in [0.25, 0.3) is 5.78 Å². The fourth-order valence-electron chi connectivity index (χ4n) is 2.53. The molecule has 1 aromatic carbocycles. The molecular weight excluding hydrogens is 399 g/mol. The lowest BCUT2D eigenvalue weighted by molar-refractivity contribution is -0.137. The highest BCUT2D eigenvalue weighted by Gasteiger charge is 2.34. The van der Waals surface area contributed by atoms with Crippen LogP contribution in [-0.4, -0.2) is 41.1 Å². The molecule has 2 heterocycles. The van der Waals surface area contributed by atoms with Crippen molar-refractivity contribution >= 4 is 27.3 Å². The smallest absolute Gasteiger partial charge is 0.383 e. The van der Waals surface area contributed by atoms with Gasteiger partial charge in [0.2, 0.25) is 10.0 Å². The molecule has 0 aliphatic rings. The van der Waals surface area contributed by atoms with Gasteiger partial charge < -0.3 is 10.6 Å². The number of sulfonamides is 1. The van der Waals surface area contributed by atoms with Gasteiger partial charge in [0.25, 0.3) is 5.78 Å². The maximum Gasteiger partial charge on any atom is 0.418 e. The molecule has 4 N–H and O–H groups in total. The Morgan fingerprint density at radius 1 is 1.18 bits per heavy atom. The van der Waals surface area contributed by atoms with E-state index in [2.05, 4.69) is 25.7 Å². The van der Waals surface area contributed by atoms with Gasteiger partial charge in [0, 0.05) is 30.5 Å². The van der Waals surface area contributed by atoms with Crippen LogP contribution in [0.4, 0.5) is 24.7 Å². The van der Waals surface area contributed by atoms with Gasteiger partial charge in [-0.1, -0.05) is 0 Å². The van der Waals surface area contributed by atoms with Crippen molar-refractivity contribution in [2.45, 2.75) is 18.0 Å². The molecule has 150 valence electrons. The minimum Gasteiger partial charge on any atom is -0.383 e. The molecule has 9 nitrogen and oxygen atoms in total. The summed E-state index contributed by atoms with van der Waals surface area (Å²) in [5, 5.41) is 14.6. The van der Waals surface area contributed by atoms with Gasteiger partial charge in [0.15, 0.2) is 0 Å². The molecule has 3 rings (SSSR count). The summed E-state index contributed by atoms with van der Waals surface area (Å²) in [4.78, 5) is 7.56. The second-order valence-electron chi connectivity index (χ2n) is 5.86. The second-order valence-corrected chi connectivity index (χ2v) is 7.42. The minimum absolute atomic E-state index is 0.120. The Labute approximate surface area is 157 Å². The largest absolute Gasteiger partial charge is 0.418 e. The summed E-state index contributed by atoms with van der Waals surface area (Å²) in [5.74, 6) is 0.982. The zero-order valence-corrected chi connectivity index (χ0v) is 15.3. The quantitative estimate of drug-likeness (QED) is 0.522. The number of fused-ring (bicyclic) bond motifs is 1. The highest BCUT2D eigenvalue weighted by molar-refractivity contribution is 7.89. The minimum atomic E-state index is -4.74. The molecule has 3 aromatic rings. The maximum atomic E-state index is 13.3. The fourth-order valence-corrected chi connectivity index (χ4v) is 3.07. The van der Waals surface area contributed by atoms with E-state index >= 15 is 0 Å². The number of rotatable bonds is 6. The first-order valence-corrected chi connectivity index (χ1v) is 9.49. The van der Waals surface area contributed by atoms with Crippen molar-refractivity contribution in [2.24, 2.45) is 5.14 Å². The Balaban J connectivity index is 1.73. The van der Waals surface area contributed by atoms with Crippen molar-refractivity contribution in [2.75, 3.05) is 23.7 Å². The average molecular weight is 415 g/mol. The molecule has 0 fully saturated rings. The Bertz CT molecular complexity index is 1110. The third kappa shape index (κ3) is 4.31. The van der Waals surface area contributed by atoms with Crippen LogP contribution >= 0.6 is 0 Å². The lowest BCUT2D eigenvalue weighted by atomic mass is 10.1. The molecule has 0 atom stereocenters. The van der Waals surface area contributed by atoms with Crippen molar-refractivity contribution in [1.82, 2.24) is 19.6 Å². The maximum absolute atomic E-state index is 13.3. The average Bonchev–Trinajstić information content (AvgIpc) is 3.05. The first kappa shape index (κ1) is 19.8. The van der Waals surface area contributed by atoms with Gasteiger partial charge >= 0.3 is 6.18 Å². The molecule has 0 saturated carbocycles. The number of nitrogens with zero attached hydrogens (tertiary/aromatic N) is 4. The van der Waals surface area contributed by atoms with Crippen molar-refractivity contribution in [3.63, 3.8) is 0 Å². The lowest BCUT2D eigenvalue weighted by Crippen LogP contribution is -2.19. The summed E-state index contributed by atoms with van der Waals surface area (Å²) < 4.78 is 63.9. The SMILES string of the molecule is Cc1cc(NCCNc2ccc(S(N)(=O)=O)cc2C(F)(F)F)n2ncnc2n1. The Morgan fingerprint density at radius 3 is 2.57 bits per heavy atom. The topological polar surface area (TPSA) is 127 Å². The predicted octanol–water partition coefficient (Wildman–Crippen LogP) is 1.62. The Kier molecular flexibility index (Phi) is 5.12. The summed E-state index contributed by atoms with van der Waals surface area (Å²) in [5.41, 5.74) is -0.662. The summed E-state index contributed by atoms with van der Waals surface area (Å²) in [6.07, 6.45) is -3.40. The fraction of sp³-hybridized carbons (Fsp3) is 0.267. The van der Waals surface area contributed by atoms with E-state index in [1.807, 2.05) is 0 Å². The van der Waals surface area contributed by atoms with Crippen LogP contribution in [-0.2, 0) is 16.2 Å². The van der Waals surface area contributed by atoms with E-state index in [4.69, 9.17) is 5.14 Å². The first-order valence-electron chi connectivity index (χ1n) is 7.95. The molecule has 0 radical (unpaired) electrons. The number of nitrogens with one attached hydrogen (secondary N) is 2. The number of alkyl halides is 3. The van der Waals surface area contributed by atoms with Crippen LogP contribution in [0, 0.1) is 6.92 Å². The van der Waals surface area contributed by atoms with Crippen LogP contribution in [0.1, 0.15) is 11.3 Å². The number of nitrogens with two attached hydrogens (primary N) is 1. The zero-order valence-electron chi connectivity index (χ0n) is 14.5. The first-order chi connectivity index (χ1) is 13.1. The molecule has 0 spiro atoms. The highest BCUT2D eigenvalue weighted by atomic mass is 32.2. The summed E-state index contributed by atoms with van der Waals surface area (Å²) >= 11 is 0. The van der Waals surface area contributed by atoms with Crippen LogP contribution in [0.15, 0.2) is 35.5 Å². The standard InChI is InChI=1S/C15H16F3N7O2S/c1-9-6-13(25-14(24-9)22-8-23-25)21-5-4-20-12-3-2-10(28(19,26)27)7-11(12)15(16,17)18/h2-3,6-8,20-21H,4-5H2,1H3,(H2,19,26,27). The van der Waals surface area contributed by atoms with E-state index in [0.717, 1.165) is 12.1 Å². The highest BCUT2D eigenvalue weighted by Crippen LogP contribution is 2.36. The number of halogens is 3. The molecule has 0 amide bonds. The Hall–Kier alpha value is -2.93. The molecular formula is C15H16F3N7O2S. The van der Waals surface area contributed by atoms with Crippen molar-refractivity contribution in [3.05, 3.63) is 41.9 Å². The molecule has 28 heavy (non-hydrogen) atoms. The molecule has 13 heteroatoms. The lowest BCUT2D eigenvalue weighted by Gasteiger charge is -2.16. The molecule has 0 aliphatic carbocycles.